The molecule has 0 saturated carbocycles. The van der Waals surface area contributed by atoms with Crippen molar-refractivity contribution in [1.29, 1.82) is 0 Å². The summed E-state index contributed by atoms with van der Waals surface area (Å²) >= 11 is 1.50. The van der Waals surface area contributed by atoms with E-state index in [9.17, 15) is 4.79 Å². The third-order valence-electron chi connectivity index (χ3n) is 6.56. The van der Waals surface area contributed by atoms with E-state index in [4.69, 9.17) is 9.47 Å². The zero-order chi connectivity index (χ0) is 23.1. The number of amides is 1. The lowest BCUT2D eigenvalue weighted by Crippen LogP contribution is -2.39. The maximum Gasteiger partial charge on any atom is 0.410 e. The maximum absolute atomic E-state index is 12.3. The molecule has 0 N–H and O–H groups in total. The molecule has 0 aliphatic carbocycles. The highest BCUT2D eigenvalue weighted by molar-refractivity contribution is 7.09. The highest BCUT2D eigenvalue weighted by atomic mass is 32.1. The number of hydrogen-bond acceptors (Lipinski definition) is 5. The van der Waals surface area contributed by atoms with Gasteiger partial charge in [-0.3, -0.25) is 4.98 Å². The summed E-state index contributed by atoms with van der Waals surface area (Å²) in [5.41, 5.74) is 4.28. The summed E-state index contributed by atoms with van der Waals surface area (Å²) < 4.78 is 11.4. The van der Waals surface area contributed by atoms with Crippen LogP contribution in [0.25, 0.3) is 0 Å². The van der Waals surface area contributed by atoms with Gasteiger partial charge in [0.2, 0.25) is 0 Å². The van der Waals surface area contributed by atoms with Crippen molar-refractivity contribution in [2.24, 2.45) is 5.92 Å². The Hall–Kier alpha value is -2.86. The Morgan fingerprint density at radius 2 is 1.76 bits per heavy atom. The lowest BCUT2D eigenvalue weighted by molar-refractivity contribution is 0.0807. The topological polar surface area (TPSA) is 51.7 Å². The van der Waals surface area contributed by atoms with Crippen molar-refractivity contribution in [1.82, 2.24) is 9.88 Å². The molecule has 1 saturated heterocycles. The molecular formula is C27H32N2O3S. The fourth-order valence-corrected chi connectivity index (χ4v) is 4.78. The average molecular weight is 465 g/mol. The van der Waals surface area contributed by atoms with Crippen molar-refractivity contribution in [3.63, 3.8) is 0 Å². The standard InChI is InChI=1S/C27H32N2O3S/c1-27(2,22-6-4-3-5-7-22)23-8-10-24(11-9-23)31-17-14-21-12-15-29(16-13-21)26(30)32-19-25-18-28-20-33-25/h3-11,18,20-21H,12-17,19H2,1-2H3. The first kappa shape index (κ1) is 23.3. The zero-order valence-electron chi connectivity index (χ0n) is 19.4. The second-order valence-electron chi connectivity index (χ2n) is 9.11. The van der Waals surface area contributed by atoms with Gasteiger partial charge in [-0.25, -0.2) is 4.79 Å². The minimum absolute atomic E-state index is 0.0461. The number of rotatable bonds is 8. The van der Waals surface area contributed by atoms with Crippen LogP contribution in [0.3, 0.4) is 0 Å². The number of carbonyl (C=O) groups excluding carboxylic acids is 1. The first-order valence-corrected chi connectivity index (χ1v) is 12.5. The van der Waals surface area contributed by atoms with Crippen LogP contribution in [0.5, 0.6) is 5.75 Å². The molecule has 0 spiro atoms. The Bertz CT molecular complexity index is 996. The van der Waals surface area contributed by atoms with E-state index in [1.54, 1.807) is 11.7 Å². The second-order valence-corrected chi connectivity index (χ2v) is 10.1. The summed E-state index contributed by atoms with van der Waals surface area (Å²) in [5, 5.41) is 0. The van der Waals surface area contributed by atoms with E-state index in [0.29, 0.717) is 19.1 Å². The monoisotopic (exact) mass is 464 g/mol. The van der Waals surface area contributed by atoms with Crippen LogP contribution in [0.15, 0.2) is 66.3 Å². The quantitative estimate of drug-likeness (QED) is 0.393. The Morgan fingerprint density at radius 3 is 2.42 bits per heavy atom. The molecule has 6 heteroatoms. The van der Waals surface area contributed by atoms with Crippen molar-refractivity contribution in [2.45, 2.75) is 45.1 Å². The number of piperidine rings is 1. The summed E-state index contributed by atoms with van der Waals surface area (Å²) in [5.74, 6) is 1.48. The molecule has 2 aromatic carbocycles. The van der Waals surface area contributed by atoms with Crippen LogP contribution in [0.4, 0.5) is 4.79 Å². The van der Waals surface area contributed by atoms with E-state index in [1.807, 2.05) is 4.90 Å². The number of hydrogen-bond donors (Lipinski definition) is 0. The molecule has 174 valence electrons. The van der Waals surface area contributed by atoms with E-state index in [2.05, 4.69) is 73.4 Å². The highest BCUT2D eigenvalue weighted by Gasteiger charge is 2.24. The molecule has 2 heterocycles. The number of ether oxygens (including phenoxy) is 2. The molecule has 1 aliphatic rings. The predicted molar refractivity (Wildman–Crippen MR) is 132 cm³/mol. The molecule has 0 unspecified atom stereocenters. The van der Waals surface area contributed by atoms with Gasteiger partial charge in [-0.1, -0.05) is 56.3 Å². The van der Waals surface area contributed by atoms with Gasteiger partial charge in [0.05, 0.1) is 17.0 Å². The summed E-state index contributed by atoms with van der Waals surface area (Å²) in [7, 11) is 0. The van der Waals surface area contributed by atoms with Crippen LogP contribution in [0, 0.1) is 5.92 Å². The molecule has 1 aliphatic heterocycles. The summed E-state index contributed by atoms with van der Waals surface area (Å²) in [4.78, 5) is 19.0. The Kier molecular flexibility index (Phi) is 7.65. The van der Waals surface area contributed by atoms with Crippen LogP contribution in [-0.4, -0.2) is 35.7 Å². The normalized spacial score (nSPS) is 14.8. The van der Waals surface area contributed by atoms with Crippen LogP contribution in [-0.2, 0) is 16.8 Å². The Balaban J connectivity index is 1.18. The lowest BCUT2D eigenvalue weighted by Gasteiger charge is -2.31. The van der Waals surface area contributed by atoms with Crippen molar-refractivity contribution in [3.8, 4) is 5.75 Å². The van der Waals surface area contributed by atoms with Gasteiger partial charge in [0, 0.05) is 24.7 Å². The molecule has 0 bridgehead atoms. The number of benzene rings is 2. The van der Waals surface area contributed by atoms with Gasteiger partial charge in [-0.2, -0.15) is 0 Å². The molecule has 1 amide bonds. The van der Waals surface area contributed by atoms with Crippen molar-refractivity contribution in [3.05, 3.63) is 82.3 Å². The van der Waals surface area contributed by atoms with Gasteiger partial charge in [0.15, 0.2) is 0 Å². The smallest absolute Gasteiger partial charge is 0.410 e. The third-order valence-corrected chi connectivity index (χ3v) is 7.31. The Morgan fingerprint density at radius 1 is 1.06 bits per heavy atom. The molecule has 1 aromatic heterocycles. The molecule has 4 rings (SSSR count). The fourth-order valence-electron chi connectivity index (χ4n) is 4.27. The van der Waals surface area contributed by atoms with Gasteiger partial charge in [0.1, 0.15) is 12.4 Å². The minimum Gasteiger partial charge on any atom is -0.494 e. The number of carbonyl (C=O) groups is 1. The SMILES string of the molecule is CC(C)(c1ccccc1)c1ccc(OCCC2CCN(C(=O)OCc3cncs3)CC2)cc1. The van der Waals surface area contributed by atoms with Crippen LogP contribution in [0.1, 0.15) is 49.1 Å². The second kappa shape index (κ2) is 10.8. The first-order valence-electron chi connectivity index (χ1n) is 11.6. The number of nitrogens with zero attached hydrogens (tertiary/aromatic N) is 2. The summed E-state index contributed by atoms with van der Waals surface area (Å²) in [6.45, 7) is 6.99. The fraction of sp³-hybridized carbons (Fsp3) is 0.407. The largest absolute Gasteiger partial charge is 0.494 e. The van der Waals surface area contributed by atoms with Crippen molar-refractivity contribution < 1.29 is 14.3 Å². The van der Waals surface area contributed by atoms with Gasteiger partial charge >= 0.3 is 6.09 Å². The number of aromatic nitrogens is 1. The third kappa shape index (κ3) is 6.14. The van der Waals surface area contributed by atoms with Crippen LogP contribution in [0.2, 0.25) is 0 Å². The highest BCUT2D eigenvalue weighted by Crippen LogP contribution is 2.32. The summed E-state index contributed by atoms with van der Waals surface area (Å²) in [6, 6.07) is 19.1. The van der Waals surface area contributed by atoms with Crippen LogP contribution >= 0.6 is 11.3 Å². The van der Waals surface area contributed by atoms with Crippen molar-refractivity contribution >= 4 is 17.4 Å². The van der Waals surface area contributed by atoms with Gasteiger partial charge in [0.25, 0.3) is 0 Å². The molecule has 0 radical (unpaired) electrons. The van der Waals surface area contributed by atoms with Gasteiger partial charge < -0.3 is 14.4 Å². The van der Waals surface area contributed by atoms with E-state index < -0.39 is 0 Å². The lowest BCUT2D eigenvalue weighted by atomic mass is 9.78. The average Bonchev–Trinajstić information content (AvgIpc) is 3.38. The minimum atomic E-state index is -0.225. The maximum atomic E-state index is 12.3. The van der Waals surface area contributed by atoms with Crippen LogP contribution < -0.4 is 4.74 Å². The van der Waals surface area contributed by atoms with Gasteiger partial charge in [-0.15, -0.1) is 11.3 Å². The molecule has 0 atom stereocenters. The number of likely N-dealkylation sites (tertiary alicyclic amines) is 1. The molecule has 33 heavy (non-hydrogen) atoms. The number of thiazole rings is 1. The van der Waals surface area contributed by atoms with Crippen molar-refractivity contribution in [2.75, 3.05) is 19.7 Å². The van der Waals surface area contributed by atoms with E-state index >= 15 is 0 Å². The first-order chi connectivity index (χ1) is 16.0. The predicted octanol–water partition coefficient (Wildman–Crippen LogP) is 6.29. The molecule has 1 fully saturated rings. The molecule has 5 nitrogen and oxygen atoms in total. The van der Waals surface area contributed by atoms with E-state index in [-0.39, 0.29) is 11.5 Å². The molecular weight excluding hydrogens is 432 g/mol. The Labute approximate surface area is 200 Å². The zero-order valence-corrected chi connectivity index (χ0v) is 20.2. The van der Waals surface area contributed by atoms with Gasteiger partial charge in [-0.05, 0) is 48.4 Å². The van der Waals surface area contributed by atoms with E-state index in [0.717, 1.165) is 43.0 Å². The summed E-state index contributed by atoms with van der Waals surface area (Å²) in [6.07, 6.45) is 4.49. The van der Waals surface area contributed by atoms with E-state index in [1.165, 1.54) is 22.5 Å². The molecule has 3 aromatic rings.